The van der Waals surface area contributed by atoms with E-state index in [9.17, 15) is 19.2 Å². The van der Waals surface area contributed by atoms with Crippen molar-refractivity contribution in [3.63, 3.8) is 0 Å². The highest BCUT2D eigenvalue weighted by Gasteiger charge is 2.52. The molecule has 0 radical (unpaired) electrons. The highest BCUT2D eigenvalue weighted by molar-refractivity contribution is 8.23. The van der Waals surface area contributed by atoms with Crippen LogP contribution in [0, 0.1) is 0 Å². The number of thioether (sulfide) groups is 1. The minimum Gasteiger partial charge on any atom is -0.463 e. The number of thiocarbonyl (C=S) groups is 1. The van der Waals surface area contributed by atoms with Crippen LogP contribution in [-0.2, 0) is 42.9 Å². The molecule has 184 valence electrons. The Hall–Kier alpha value is -2.44. The molecule has 5 atom stereocenters. The van der Waals surface area contributed by atoms with E-state index in [1.807, 2.05) is 0 Å². The molecule has 12 heteroatoms. The van der Waals surface area contributed by atoms with Gasteiger partial charge in [-0.2, -0.15) is 0 Å². The van der Waals surface area contributed by atoms with Gasteiger partial charge in [-0.1, -0.05) is 36.1 Å². The van der Waals surface area contributed by atoms with E-state index in [1.54, 1.807) is 17.1 Å². The minimum absolute atomic E-state index is 0.301. The van der Waals surface area contributed by atoms with Gasteiger partial charge in [0, 0.05) is 40.8 Å². The standard InChI is InChI=1S/C21H29NO9S2/c1-7-9-22(10-8-2)21(32)33-20-19(30-15(6)26)18(29-14(5)25)17(28-13(4)24)16(31-20)11-27-12(3)23/h7-8,16-20H,1-2,9-11H2,3-6H3/t16-,17-,18+,19-,20+/m1/s1. The molecule has 0 unspecified atom stereocenters. The molecule has 0 aromatic heterocycles. The molecule has 0 aliphatic carbocycles. The molecular formula is C21H29NO9S2. The Bertz CT molecular complexity index is 763. The van der Waals surface area contributed by atoms with Crippen LogP contribution in [0.3, 0.4) is 0 Å². The summed E-state index contributed by atoms with van der Waals surface area (Å²) in [6.45, 7) is 12.6. The van der Waals surface area contributed by atoms with Crippen LogP contribution in [0.2, 0.25) is 0 Å². The van der Waals surface area contributed by atoms with E-state index < -0.39 is 53.7 Å². The molecular weight excluding hydrogens is 474 g/mol. The van der Waals surface area contributed by atoms with Crippen molar-refractivity contribution in [2.75, 3.05) is 19.7 Å². The Labute approximate surface area is 202 Å². The number of hydrogen-bond acceptors (Lipinski definition) is 11. The van der Waals surface area contributed by atoms with Gasteiger partial charge < -0.3 is 28.6 Å². The van der Waals surface area contributed by atoms with Gasteiger partial charge in [0.25, 0.3) is 0 Å². The van der Waals surface area contributed by atoms with Crippen molar-refractivity contribution in [1.29, 1.82) is 0 Å². The number of carbonyl (C=O) groups excluding carboxylic acids is 4. The van der Waals surface area contributed by atoms with Crippen molar-refractivity contribution < 1.29 is 42.9 Å². The van der Waals surface area contributed by atoms with Crippen LogP contribution in [0.4, 0.5) is 0 Å². The quantitative estimate of drug-likeness (QED) is 0.187. The average Bonchev–Trinajstić information content (AvgIpc) is 2.69. The molecule has 1 aliphatic rings. The van der Waals surface area contributed by atoms with Crippen LogP contribution in [0.5, 0.6) is 0 Å². The molecule has 0 N–H and O–H groups in total. The number of carbonyl (C=O) groups is 4. The van der Waals surface area contributed by atoms with Crippen molar-refractivity contribution in [2.24, 2.45) is 0 Å². The number of hydrogen-bond donors (Lipinski definition) is 0. The number of esters is 4. The maximum Gasteiger partial charge on any atom is 0.303 e. The predicted octanol–water partition coefficient (Wildman–Crippen LogP) is 1.76. The second-order valence-corrected chi connectivity index (χ2v) is 8.67. The van der Waals surface area contributed by atoms with Gasteiger partial charge in [0.15, 0.2) is 23.7 Å². The first-order valence-electron chi connectivity index (χ1n) is 9.97. The Kier molecular flexibility index (Phi) is 12.1. The molecule has 1 rings (SSSR count). The molecule has 0 saturated carbocycles. The first kappa shape index (κ1) is 28.6. The lowest BCUT2D eigenvalue weighted by Crippen LogP contribution is -2.61. The van der Waals surface area contributed by atoms with E-state index in [0.29, 0.717) is 17.4 Å². The molecule has 0 spiro atoms. The third kappa shape index (κ3) is 9.52. The zero-order valence-corrected chi connectivity index (χ0v) is 20.6. The molecule has 0 bridgehead atoms. The number of rotatable bonds is 10. The molecule has 0 amide bonds. The second kappa shape index (κ2) is 14.0. The fraction of sp³-hybridized carbons (Fsp3) is 0.571. The largest absolute Gasteiger partial charge is 0.463 e. The highest BCUT2D eigenvalue weighted by Crippen LogP contribution is 2.35. The summed E-state index contributed by atoms with van der Waals surface area (Å²) in [5.41, 5.74) is -0.977. The van der Waals surface area contributed by atoms with E-state index in [1.165, 1.54) is 13.8 Å². The van der Waals surface area contributed by atoms with E-state index in [-0.39, 0.29) is 6.61 Å². The number of nitrogens with zero attached hydrogens (tertiary/aromatic N) is 1. The summed E-state index contributed by atoms with van der Waals surface area (Å²) in [6.07, 6.45) is -1.34. The molecule has 1 aliphatic heterocycles. The molecule has 33 heavy (non-hydrogen) atoms. The van der Waals surface area contributed by atoms with Gasteiger partial charge in [0.1, 0.15) is 17.0 Å². The van der Waals surface area contributed by atoms with Crippen LogP contribution in [0.15, 0.2) is 25.3 Å². The Morgan fingerprint density at radius 1 is 0.879 bits per heavy atom. The third-order valence-electron chi connectivity index (χ3n) is 4.12. The first-order chi connectivity index (χ1) is 15.5. The maximum absolute atomic E-state index is 11.9. The fourth-order valence-electron chi connectivity index (χ4n) is 2.99. The van der Waals surface area contributed by atoms with Crippen molar-refractivity contribution in [3.8, 4) is 0 Å². The number of ether oxygens (including phenoxy) is 5. The molecule has 0 aromatic carbocycles. The molecule has 0 aromatic rings. The van der Waals surface area contributed by atoms with Gasteiger partial charge >= 0.3 is 23.9 Å². The molecule has 1 heterocycles. The van der Waals surface area contributed by atoms with Crippen LogP contribution in [0.1, 0.15) is 27.7 Å². The average molecular weight is 504 g/mol. The fourth-order valence-corrected chi connectivity index (χ4v) is 4.47. The topological polar surface area (TPSA) is 118 Å². The molecule has 10 nitrogen and oxygen atoms in total. The van der Waals surface area contributed by atoms with Gasteiger partial charge in [-0.05, 0) is 0 Å². The van der Waals surface area contributed by atoms with E-state index in [4.69, 9.17) is 35.9 Å². The SMILES string of the molecule is C=CCN(CC=C)C(=S)S[C@@H]1O[C@H](COC(C)=O)[C@@H](OC(C)=O)[C@H](OC(C)=O)[C@H]1OC(C)=O. The van der Waals surface area contributed by atoms with Gasteiger partial charge in [0.2, 0.25) is 0 Å². The molecule has 1 saturated heterocycles. The lowest BCUT2D eigenvalue weighted by molar-refractivity contribution is -0.237. The van der Waals surface area contributed by atoms with E-state index in [0.717, 1.165) is 25.6 Å². The van der Waals surface area contributed by atoms with E-state index >= 15 is 0 Å². The summed E-state index contributed by atoms with van der Waals surface area (Å²) in [7, 11) is 0. The van der Waals surface area contributed by atoms with Gasteiger partial charge in [-0.3, -0.25) is 19.2 Å². The summed E-state index contributed by atoms with van der Waals surface area (Å²) < 4.78 is 27.6. The first-order valence-corrected chi connectivity index (χ1v) is 11.3. The maximum atomic E-state index is 11.9. The van der Waals surface area contributed by atoms with Crippen molar-refractivity contribution in [3.05, 3.63) is 25.3 Å². The summed E-state index contributed by atoms with van der Waals surface area (Å²) in [5, 5.41) is 0. The summed E-state index contributed by atoms with van der Waals surface area (Å²) >= 11 is 6.56. The Morgan fingerprint density at radius 3 is 1.82 bits per heavy atom. The van der Waals surface area contributed by atoms with Crippen molar-refractivity contribution >= 4 is 52.2 Å². The predicted molar refractivity (Wildman–Crippen MR) is 124 cm³/mol. The zero-order chi connectivity index (χ0) is 25.1. The molecule has 1 fully saturated rings. The lowest BCUT2D eigenvalue weighted by Gasteiger charge is -2.44. The smallest absolute Gasteiger partial charge is 0.303 e. The Morgan fingerprint density at radius 2 is 1.36 bits per heavy atom. The summed E-state index contributed by atoms with van der Waals surface area (Å²) in [4.78, 5) is 48.6. The van der Waals surface area contributed by atoms with Crippen LogP contribution < -0.4 is 0 Å². The summed E-state index contributed by atoms with van der Waals surface area (Å²) in [5.74, 6) is -2.66. The summed E-state index contributed by atoms with van der Waals surface area (Å²) in [6, 6.07) is 0. The Balaban J connectivity index is 3.37. The van der Waals surface area contributed by atoms with Crippen molar-refractivity contribution in [1.82, 2.24) is 4.90 Å². The zero-order valence-electron chi connectivity index (χ0n) is 19.0. The minimum atomic E-state index is -1.24. The van der Waals surface area contributed by atoms with Gasteiger partial charge in [-0.25, -0.2) is 0 Å². The van der Waals surface area contributed by atoms with Gasteiger partial charge in [-0.15, -0.1) is 13.2 Å². The van der Waals surface area contributed by atoms with Gasteiger partial charge in [0.05, 0.1) is 0 Å². The highest BCUT2D eigenvalue weighted by atomic mass is 32.2. The monoisotopic (exact) mass is 503 g/mol. The lowest BCUT2D eigenvalue weighted by atomic mass is 9.99. The third-order valence-corrected chi connectivity index (χ3v) is 5.74. The normalized spacial score (nSPS) is 24.1. The van der Waals surface area contributed by atoms with E-state index in [2.05, 4.69) is 13.2 Å². The van der Waals surface area contributed by atoms with Crippen LogP contribution in [-0.4, -0.2) is 82.6 Å². The van der Waals surface area contributed by atoms with Crippen molar-refractivity contribution in [2.45, 2.75) is 57.5 Å². The van der Waals surface area contributed by atoms with Crippen LogP contribution in [0.25, 0.3) is 0 Å². The second-order valence-electron chi connectivity index (χ2n) is 6.93. The van der Waals surface area contributed by atoms with Crippen LogP contribution >= 0.6 is 24.0 Å².